The van der Waals surface area contributed by atoms with Crippen molar-refractivity contribution in [3.05, 3.63) is 12.3 Å². The van der Waals surface area contributed by atoms with E-state index in [0.717, 1.165) is 32.0 Å². The van der Waals surface area contributed by atoms with Crippen molar-refractivity contribution in [1.29, 1.82) is 0 Å². The topological polar surface area (TPSA) is 73.1 Å². The minimum atomic E-state index is 0.291. The zero-order valence-corrected chi connectivity index (χ0v) is 8.36. The minimum absolute atomic E-state index is 0.291. The highest BCUT2D eigenvalue weighted by atomic mass is 16.5. The number of nitrogens with two attached hydrogens (primary N) is 1. The van der Waals surface area contributed by atoms with E-state index in [9.17, 15) is 0 Å². The number of ether oxygens (including phenoxy) is 1. The molecule has 14 heavy (non-hydrogen) atoms. The number of nitrogens with zero attached hydrogens (tertiary/aromatic N) is 2. The van der Waals surface area contributed by atoms with Crippen molar-refractivity contribution >= 4 is 11.8 Å². The van der Waals surface area contributed by atoms with Crippen LogP contribution in [0.15, 0.2) is 12.3 Å². The van der Waals surface area contributed by atoms with Crippen LogP contribution in [0.5, 0.6) is 0 Å². The van der Waals surface area contributed by atoms with Crippen LogP contribution in [0, 0.1) is 0 Å². The number of rotatable bonds is 6. The molecule has 0 bridgehead atoms. The zero-order chi connectivity index (χ0) is 10.2. The highest BCUT2D eigenvalue weighted by Gasteiger charge is 1.94. The molecule has 0 saturated heterocycles. The van der Waals surface area contributed by atoms with Gasteiger partial charge in [-0.1, -0.05) is 0 Å². The van der Waals surface area contributed by atoms with Gasteiger partial charge in [0.25, 0.3) is 0 Å². The summed E-state index contributed by atoms with van der Waals surface area (Å²) in [6.45, 7) is 4.35. The van der Waals surface area contributed by atoms with Gasteiger partial charge in [0, 0.05) is 26.0 Å². The van der Waals surface area contributed by atoms with E-state index in [-0.39, 0.29) is 0 Å². The van der Waals surface area contributed by atoms with E-state index in [1.165, 1.54) is 0 Å². The van der Waals surface area contributed by atoms with E-state index in [1.54, 1.807) is 12.3 Å². The molecular weight excluding hydrogens is 180 g/mol. The number of nitrogen functional groups attached to an aromatic ring is 1. The zero-order valence-electron chi connectivity index (χ0n) is 8.36. The van der Waals surface area contributed by atoms with Crippen molar-refractivity contribution in [2.45, 2.75) is 13.3 Å². The first-order valence-corrected chi connectivity index (χ1v) is 4.73. The summed E-state index contributed by atoms with van der Waals surface area (Å²) in [4.78, 5) is 7.81. The van der Waals surface area contributed by atoms with E-state index < -0.39 is 0 Å². The van der Waals surface area contributed by atoms with E-state index in [0.29, 0.717) is 5.95 Å². The van der Waals surface area contributed by atoms with Gasteiger partial charge in [-0.2, -0.15) is 4.98 Å². The van der Waals surface area contributed by atoms with Crippen LogP contribution in [0.1, 0.15) is 13.3 Å². The maximum Gasteiger partial charge on any atom is 0.221 e. The van der Waals surface area contributed by atoms with Crippen LogP contribution in [0.2, 0.25) is 0 Å². The Morgan fingerprint density at radius 2 is 2.43 bits per heavy atom. The molecule has 0 saturated carbocycles. The molecule has 1 aromatic rings. The molecular formula is C9H16N4O. The van der Waals surface area contributed by atoms with Crippen LogP contribution in [-0.2, 0) is 4.74 Å². The molecule has 0 aromatic carbocycles. The van der Waals surface area contributed by atoms with Gasteiger partial charge in [-0.3, -0.25) is 0 Å². The van der Waals surface area contributed by atoms with Crippen LogP contribution in [0.3, 0.4) is 0 Å². The fourth-order valence-electron chi connectivity index (χ4n) is 1.01. The molecule has 0 amide bonds. The van der Waals surface area contributed by atoms with Crippen molar-refractivity contribution in [2.24, 2.45) is 0 Å². The molecule has 1 heterocycles. The van der Waals surface area contributed by atoms with Gasteiger partial charge >= 0.3 is 0 Å². The van der Waals surface area contributed by atoms with E-state index in [4.69, 9.17) is 10.5 Å². The summed E-state index contributed by atoms with van der Waals surface area (Å²) in [5.74, 6) is 1.05. The Hall–Kier alpha value is -1.36. The monoisotopic (exact) mass is 196 g/mol. The molecule has 1 rings (SSSR count). The van der Waals surface area contributed by atoms with Crippen molar-refractivity contribution in [3.8, 4) is 0 Å². The number of hydrogen-bond acceptors (Lipinski definition) is 5. The van der Waals surface area contributed by atoms with Crippen molar-refractivity contribution in [3.63, 3.8) is 0 Å². The molecule has 78 valence electrons. The lowest BCUT2D eigenvalue weighted by Crippen LogP contribution is -2.07. The fraction of sp³-hybridized carbons (Fsp3) is 0.556. The third-order valence-corrected chi connectivity index (χ3v) is 1.65. The Bertz CT molecular complexity index is 267. The molecule has 3 N–H and O–H groups in total. The Balaban J connectivity index is 2.18. The average molecular weight is 196 g/mol. The molecule has 0 unspecified atom stereocenters. The van der Waals surface area contributed by atoms with Gasteiger partial charge in [-0.15, -0.1) is 0 Å². The third-order valence-electron chi connectivity index (χ3n) is 1.65. The predicted octanol–water partition coefficient (Wildman–Crippen LogP) is 0.897. The largest absolute Gasteiger partial charge is 0.382 e. The van der Waals surface area contributed by atoms with Crippen LogP contribution >= 0.6 is 0 Å². The van der Waals surface area contributed by atoms with Gasteiger partial charge in [0.05, 0.1) is 0 Å². The molecule has 0 aliphatic heterocycles. The highest BCUT2D eigenvalue weighted by molar-refractivity contribution is 5.36. The van der Waals surface area contributed by atoms with Gasteiger partial charge in [0.2, 0.25) is 5.95 Å². The van der Waals surface area contributed by atoms with Crippen LogP contribution < -0.4 is 11.1 Å². The second kappa shape index (κ2) is 6.15. The highest BCUT2D eigenvalue weighted by Crippen LogP contribution is 2.02. The summed E-state index contributed by atoms with van der Waals surface area (Å²) in [5.41, 5.74) is 5.42. The maximum atomic E-state index is 5.42. The lowest BCUT2D eigenvalue weighted by Gasteiger charge is -2.05. The van der Waals surface area contributed by atoms with Crippen molar-refractivity contribution < 1.29 is 4.74 Å². The van der Waals surface area contributed by atoms with Gasteiger partial charge in [0.1, 0.15) is 5.82 Å². The third kappa shape index (κ3) is 4.04. The number of anilines is 2. The van der Waals surface area contributed by atoms with Gasteiger partial charge in [-0.25, -0.2) is 4.98 Å². The Morgan fingerprint density at radius 1 is 1.57 bits per heavy atom. The van der Waals surface area contributed by atoms with Gasteiger partial charge in [-0.05, 0) is 19.4 Å². The van der Waals surface area contributed by atoms with Gasteiger partial charge < -0.3 is 15.8 Å². The van der Waals surface area contributed by atoms with Crippen molar-refractivity contribution in [1.82, 2.24) is 9.97 Å². The first-order chi connectivity index (χ1) is 6.83. The molecule has 0 radical (unpaired) electrons. The summed E-state index contributed by atoms with van der Waals surface area (Å²) in [6.07, 6.45) is 2.59. The Morgan fingerprint density at radius 3 is 3.14 bits per heavy atom. The number of hydrogen-bond donors (Lipinski definition) is 2. The number of aromatic nitrogens is 2. The summed E-state index contributed by atoms with van der Waals surface area (Å²) >= 11 is 0. The summed E-state index contributed by atoms with van der Waals surface area (Å²) in [6, 6.07) is 1.79. The lowest BCUT2D eigenvalue weighted by molar-refractivity contribution is 0.147. The van der Waals surface area contributed by atoms with Crippen LogP contribution in [0.4, 0.5) is 11.8 Å². The molecule has 1 aromatic heterocycles. The minimum Gasteiger partial charge on any atom is -0.382 e. The number of nitrogens with one attached hydrogen (secondary N) is 1. The fourth-order valence-corrected chi connectivity index (χ4v) is 1.01. The lowest BCUT2D eigenvalue weighted by atomic mass is 10.4. The Kier molecular flexibility index (Phi) is 4.71. The van der Waals surface area contributed by atoms with Crippen molar-refractivity contribution in [2.75, 3.05) is 30.8 Å². The summed E-state index contributed by atoms with van der Waals surface area (Å²) < 4.78 is 5.20. The maximum absolute atomic E-state index is 5.42. The SMILES string of the molecule is CCOCCCNc1ccnc(N)n1. The average Bonchev–Trinajstić information content (AvgIpc) is 2.18. The molecule has 0 fully saturated rings. The van der Waals surface area contributed by atoms with E-state index >= 15 is 0 Å². The van der Waals surface area contributed by atoms with E-state index in [1.807, 2.05) is 6.92 Å². The molecule has 0 spiro atoms. The second-order valence-electron chi connectivity index (χ2n) is 2.78. The van der Waals surface area contributed by atoms with E-state index in [2.05, 4.69) is 15.3 Å². The quantitative estimate of drug-likeness (QED) is 0.661. The molecule has 0 atom stereocenters. The normalized spacial score (nSPS) is 10.1. The van der Waals surface area contributed by atoms with Crippen LogP contribution in [0.25, 0.3) is 0 Å². The Labute approximate surface area is 83.7 Å². The second-order valence-corrected chi connectivity index (χ2v) is 2.78. The summed E-state index contributed by atoms with van der Waals surface area (Å²) in [5, 5.41) is 3.13. The standard InChI is InChI=1S/C9H16N4O/c1-2-14-7-3-5-11-8-4-6-12-9(10)13-8/h4,6H,2-3,5,7H2,1H3,(H3,10,11,12,13). The predicted molar refractivity (Wildman–Crippen MR) is 56.0 cm³/mol. The first kappa shape index (κ1) is 10.7. The molecule has 5 heteroatoms. The van der Waals surface area contributed by atoms with Gasteiger partial charge in [0.15, 0.2) is 0 Å². The summed E-state index contributed by atoms with van der Waals surface area (Å²) in [7, 11) is 0. The molecule has 0 aliphatic carbocycles. The smallest absolute Gasteiger partial charge is 0.221 e. The molecule has 5 nitrogen and oxygen atoms in total. The molecule has 0 aliphatic rings. The van der Waals surface area contributed by atoms with Crippen LogP contribution in [-0.4, -0.2) is 29.7 Å². The first-order valence-electron chi connectivity index (χ1n) is 4.73.